The van der Waals surface area contributed by atoms with Gasteiger partial charge >= 0.3 is 12.1 Å². The lowest BCUT2D eigenvalue weighted by molar-refractivity contribution is -0.143. The van der Waals surface area contributed by atoms with Gasteiger partial charge in [0.2, 0.25) is 0 Å². The molecule has 0 aliphatic rings. The Labute approximate surface area is 195 Å². The minimum atomic E-state index is -4.90. The molecular weight excluding hydrogens is 467 g/mol. The largest absolute Gasteiger partial charge is 0.497 e. The first-order valence-corrected chi connectivity index (χ1v) is 10.5. The lowest BCUT2D eigenvalue weighted by Crippen LogP contribution is -2.19. The Balaban J connectivity index is 1.66. The van der Waals surface area contributed by atoms with Crippen molar-refractivity contribution in [1.29, 1.82) is 0 Å². The summed E-state index contributed by atoms with van der Waals surface area (Å²) >= 11 is 0. The second-order valence-electron chi connectivity index (χ2n) is 7.66. The molecule has 35 heavy (non-hydrogen) atoms. The van der Waals surface area contributed by atoms with Crippen LogP contribution < -0.4 is 10.3 Å². The summed E-state index contributed by atoms with van der Waals surface area (Å²) in [6.45, 7) is 1.64. The van der Waals surface area contributed by atoms with Crippen LogP contribution in [0.1, 0.15) is 28.5 Å². The Hall–Kier alpha value is -4.35. The summed E-state index contributed by atoms with van der Waals surface area (Å²) in [6.07, 6.45) is -2.78. The van der Waals surface area contributed by atoms with Crippen LogP contribution in [0.3, 0.4) is 0 Å². The number of imidazole rings is 2. The van der Waals surface area contributed by atoms with Gasteiger partial charge in [-0.05, 0) is 36.8 Å². The van der Waals surface area contributed by atoms with E-state index in [2.05, 4.69) is 10.1 Å². The maximum atomic E-state index is 14.0. The Morgan fingerprint density at radius 2 is 1.83 bits per heavy atom. The molecule has 0 saturated carbocycles. The highest BCUT2D eigenvalue weighted by Crippen LogP contribution is 2.35. The van der Waals surface area contributed by atoms with Gasteiger partial charge in [0.05, 0.1) is 32.7 Å². The minimum Gasteiger partial charge on any atom is -0.497 e. The number of benzene rings is 1. The fraction of sp³-hybridized carbons (Fsp3) is 0.217. The minimum absolute atomic E-state index is 0.0398. The first-order valence-electron chi connectivity index (χ1n) is 10.5. The Morgan fingerprint density at radius 3 is 2.49 bits per heavy atom. The summed E-state index contributed by atoms with van der Waals surface area (Å²) in [7, 11) is 1.55. The lowest BCUT2D eigenvalue weighted by Gasteiger charge is -2.13. The van der Waals surface area contributed by atoms with Crippen molar-refractivity contribution < 1.29 is 27.4 Å². The van der Waals surface area contributed by atoms with Crippen molar-refractivity contribution >= 4 is 22.8 Å². The number of carbonyl (C=O) groups is 1. The Bertz CT molecular complexity index is 1600. The highest BCUT2D eigenvalue weighted by atomic mass is 19.4. The highest BCUT2D eigenvalue weighted by Gasteiger charge is 2.41. The third-order valence-corrected chi connectivity index (χ3v) is 5.61. The number of ether oxygens (including phenoxy) is 2. The second-order valence-corrected chi connectivity index (χ2v) is 7.66. The van der Waals surface area contributed by atoms with E-state index in [1.54, 1.807) is 19.2 Å². The summed E-state index contributed by atoms with van der Waals surface area (Å²) in [6, 6.07) is 10.1. The number of nitrogens with zero attached hydrogens (tertiary/aromatic N) is 5. The zero-order valence-electron chi connectivity index (χ0n) is 18.5. The van der Waals surface area contributed by atoms with Crippen molar-refractivity contribution in [2.75, 3.05) is 13.7 Å². The molecule has 180 valence electrons. The number of aromatic nitrogens is 5. The van der Waals surface area contributed by atoms with Crippen LogP contribution in [-0.4, -0.2) is 43.4 Å². The van der Waals surface area contributed by atoms with Gasteiger partial charge in [-0.3, -0.25) is 13.8 Å². The number of carbonyl (C=O) groups excluding carboxylic acids is 1. The van der Waals surface area contributed by atoms with Crippen molar-refractivity contribution in [3.8, 4) is 11.4 Å². The molecule has 5 aromatic rings. The molecule has 0 fully saturated rings. The molecule has 4 heterocycles. The van der Waals surface area contributed by atoms with Crippen LogP contribution in [0.4, 0.5) is 13.2 Å². The molecule has 0 radical (unpaired) electrons. The first kappa shape index (κ1) is 22.4. The normalized spacial score (nSPS) is 12.0. The summed E-state index contributed by atoms with van der Waals surface area (Å²) in [5.74, 6) is -0.460. The van der Waals surface area contributed by atoms with Crippen molar-refractivity contribution in [2.45, 2.75) is 19.6 Å². The quantitative estimate of drug-likeness (QED) is 0.342. The van der Waals surface area contributed by atoms with E-state index in [9.17, 15) is 22.8 Å². The van der Waals surface area contributed by atoms with E-state index >= 15 is 0 Å². The summed E-state index contributed by atoms with van der Waals surface area (Å²) in [4.78, 5) is 29.4. The number of rotatable bonds is 6. The second kappa shape index (κ2) is 8.15. The van der Waals surface area contributed by atoms with Crippen molar-refractivity contribution in [3.63, 3.8) is 0 Å². The van der Waals surface area contributed by atoms with E-state index in [1.807, 2.05) is 12.1 Å². The number of esters is 1. The molecule has 5 rings (SSSR count). The van der Waals surface area contributed by atoms with Crippen LogP contribution in [0.2, 0.25) is 0 Å². The summed E-state index contributed by atoms with van der Waals surface area (Å²) in [5.41, 5.74) is -0.796. The predicted molar refractivity (Wildman–Crippen MR) is 118 cm³/mol. The molecule has 0 N–H and O–H groups in total. The molecule has 0 bridgehead atoms. The molecule has 0 aliphatic heterocycles. The van der Waals surface area contributed by atoms with Crippen LogP contribution in [0.15, 0.2) is 53.6 Å². The van der Waals surface area contributed by atoms with Gasteiger partial charge in [0.15, 0.2) is 11.3 Å². The van der Waals surface area contributed by atoms with Crippen molar-refractivity contribution in [2.24, 2.45) is 0 Å². The van der Waals surface area contributed by atoms with Gasteiger partial charge < -0.3 is 9.47 Å². The zero-order chi connectivity index (χ0) is 24.9. The molecule has 0 atom stereocenters. The van der Waals surface area contributed by atoms with Gasteiger partial charge in [-0.1, -0.05) is 12.1 Å². The Morgan fingerprint density at radius 1 is 1.09 bits per heavy atom. The number of halogens is 3. The molecule has 0 amide bonds. The molecular formula is C23H18F3N5O4. The monoisotopic (exact) mass is 485 g/mol. The van der Waals surface area contributed by atoms with E-state index in [1.165, 1.54) is 34.2 Å². The fourth-order valence-electron chi connectivity index (χ4n) is 4.06. The van der Waals surface area contributed by atoms with Crippen LogP contribution in [-0.2, 0) is 17.5 Å². The number of alkyl halides is 3. The van der Waals surface area contributed by atoms with Crippen molar-refractivity contribution in [3.05, 3.63) is 76.0 Å². The maximum absolute atomic E-state index is 14.0. The van der Waals surface area contributed by atoms with E-state index < -0.39 is 23.4 Å². The standard InChI is InChI=1S/C23H18F3N5O4/c1-3-35-22(33)15-10-28-31(19(15)23(24,25)26)16-8-9-18-29(12-13-4-6-14(34-2)7-5-13)21(32)17-11-27-20(16)30(17)18/h4-11H,3,12H2,1-2H3. The van der Waals surface area contributed by atoms with Gasteiger partial charge in [0.25, 0.3) is 5.56 Å². The predicted octanol–water partition coefficient (Wildman–Crippen LogP) is 3.53. The first-order chi connectivity index (χ1) is 16.7. The molecule has 1 aromatic carbocycles. The molecule has 0 saturated heterocycles. The fourth-order valence-corrected chi connectivity index (χ4v) is 4.06. The van der Waals surface area contributed by atoms with Gasteiger partial charge in [-0.2, -0.15) is 18.3 Å². The van der Waals surface area contributed by atoms with Gasteiger partial charge in [0.1, 0.15) is 28.2 Å². The van der Waals surface area contributed by atoms with Crippen LogP contribution in [0, 0.1) is 0 Å². The average Bonchev–Trinajstić information content (AvgIpc) is 3.53. The summed E-state index contributed by atoms with van der Waals surface area (Å²) in [5, 5.41) is 3.82. The number of pyridine rings is 1. The average molecular weight is 485 g/mol. The van der Waals surface area contributed by atoms with Crippen LogP contribution in [0.25, 0.3) is 22.5 Å². The SMILES string of the molecule is CCOC(=O)c1cnn(-c2ccc3n(Cc4ccc(OC)cc4)c(=O)c4cnc2n43)c1C(F)(F)F. The smallest absolute Gasteiger partial charge is 0.434 e. The van der Waals surface area contributed by atoms with E-state index in [4.69, 9.17) is 9.47 Å². The number of hydrogen-bond acceptors (Lipinski definition) is 6. The third kappa shape index (κ3) is 3.57. The van der Waals surface area contributed by atoms with Crippen LogP contribution >= 0.6 is 0 Å². The molecule has 0 unspecified atom stereocenters. The molecule has 12 heteroatoms. The zero-order valence-corrected chi connectivity index (χ0v) is 18.5. The topological polar surface area (TPSA) is 92.6 Å². The lowest BCUT2D eigenvalue weighted by atomic mass is 10.2. The van der Waals surface area contributed by atoms with E-state index in [-0.39, 0.29) is 35.6 Å². The van der Waals surface area contributed by atoms with E-state index in [0.717, 1.165) is 11.8 Å². The van der Waals surface area contributed by atoms with Crippen LogP contribution in [0.5, 0.6) is 5.75 Å². The highest BCUT2D eigenvalue weighted by molar-refractivity contribution is 5.91. The van der Waals surface area contributed by atoms with Gasteiger partial charge in [-0.15, -0.1) is 0 Å². The number of hydrogen-bond donors (Lipinski definition) is 0. The third-order valence-electron chi connectivity index (χ3n) is 5.61. The summed E-state index contributed by atoms with van der Waals surface area (Å²) < 4.78 is 55.4. The molecule has 0 spiro atoms. The van der Waals surface area contributed by atoms with Crippen molar-refractivity contribution in [1.82, 2.24) is 23.7 Å². The van der Waals surface area contributed by atoms with Gasteiger partial charge in [0, 0.05) is 0 Å². The Kier molecular flexibility index (Phi) is 5.23. The van der Waals surface area contributed by atoms with Gasteiger partial charge in [-0.25, -0.2) is 14.5 Å². The van der Waals surface area contributed by atoms with E-state index in [0.29, 0.717) is 16.1 Å². The molecule has 9 nitrogen and oxygen atoms in total. The maximum Gasteiger partial charge on any atom is 0.434 e. The molecule has 0 aliphatic carbocycles. The molecule has 4 aromatic heterocycles. The number of methoxy groups -OCH3 is 1.